The molecule has 3 N–H and O–H groups in total. The van der Waals surface area contributed by atoms with Crippen LogP contribution in [0.15, 0.2) is 24.3 Å². The van der Waals surface area contributed by atoms with Gasteiger partial charge in [-0.25, -0.2) is 0 Å². The molecular formula is C15H24N2O. The number of amides is 1. The molecule has 1 aromatic rings. The van der Waals surface area contributed by atoms with Gasteiger partial charge in [-0.15, -0.1) is 0 Å². The summed E-state index contributed by atoms with van der Waals surface area (Å²) in [6.07, 6.45) is 2.30. The Morgan fingerprint density at radius 3 is 2.39 bits per heavy atom. The maximum atomic E-state index is 11.6. The predicted molar refractivity (Wildman–Crippen MR) is 76.3 cm³/mol. The summed E-state index contributed by atoms with van der Waals surface area (Å²) in [5, 5.41) is 2.96. The largest absolute Gasteiger partial charge is 0.399 e. The van der Waals surface area contributed by atoms with Crippen molar-refractivity contribution in [1.29, 1.82) is 0 Å². The number of hydrogen-bond donors (Lipinski definition) is 2. The molecule has 1 rings (SSSR count). The normalized spacial score (nSPS) is 11.3. The van der Waals surface area contributed by atoms with E-state index in [1.165, 1.54) is 0 Å². The van der Waals surface area contributed by atoms with Gasteiger partial charge in [0, 0.05) is 18.7 Å². The van der Waals surface area contributed by atoms with Gasteiger partial charge in [-0.2, -0.15) is 0 Å². The molecule has 0 aliphatic heterocycles. The molecule has 0 unspecified atom stereocenters. The average Bonchev–Trinajstić information content (AvgIpc) is 2.26. The molecule has 3 nitrogen and oxygen atoms in total. The van der Waals surface area contributed by atoms with E-state index >= 15 is 0 Å². The van der Waals surface area contributed by atoms with Crippen LogP contribution in [0, 0.1) is 5.41 Å². The van der Waals surface area contributed by atoms with Crippen molar-refractivity contribution in [3.05, 3.63) is 29.8 Å². The Hall–Kier alpha value is -1.51. The minimum atomic E-state index is 0.121. The highest BCUT2D eigenvalue weighted by molar-refractivity contribution is 5.76. The molecule has 0 saturated carbocycles. The topological polar surface area (TPSA) is 55.1 Å². The van der Waals surface area contributed by atoms with Crippen molar-refractivity contribution in [2.75, 3.05) is 12.3 Å². The summed E-state index contributed by atoms with van der Waals surface area (Å²) >= 11 is 0. The number of nitrogen functional groups attached to an aromatic ring is 1. The van der Waals surface area contributed by atoms with Gasteiger partial charge in [-0.3, -0.25) is 4.79 Å². The van der Waals surface area contributed by atoms with Crippen LogP contribution in [0.1, 0.15) is 39.2 Å². The standard InChI is InChI=1S/C15H24N2O/c1-15(2,3)10-11-17-14(18)9-6-12-4-7-13(16)8-5-12/h4-5,7-8H,6,9-11,16H2,1-3H3,(H,17,18). The van der Waals surface area contributed by atoms with Crippen molar-refractivity contribution in [3.8, 4) is 0 Å². The molecule has 0 saturated heterocycles. The van der Waals surface area contributed by atoms with E-state index in [1.807, 2.05) is 24.3 Å². The molecule has 0 fully saturated rings. The van der Waals surface area contributed by atoms with Crippen LogP contribution in [-0.2, 0) is 11.2 Å². The fourth-order valence-electron chi connectivity index (χ4n) is 1.61. The zero-order chi connectivity index (χ0) is 13.6. The van der Waals surface area contributed by atoms with Gasteiger partial charge in [0.25, 0.3) is 0 Å². The number of nitrogens with two attached hydrogens (primary N) is 1. The van der Waals surface area contributed by atoms with E-state index in [0.717, 1.165) is 30.6 Å². The third-order valence-electron chi connectivity index (χ3n) is 2.82. The van der Waals surface area contributed by atoms with Crippen molar-refractivity contribution in [2.24, 2.45) is 5.41 Å². The van der Waals surface area contributed by atoms with Gasteiger partial charge in [-0.1, -0.05) is 32.9 Å². The minimum Gasteiger partial charge on any atom is -0.399 e. The first-order chi connectivity index (χ1) is 8.37. The van der Waals surface area contributed by atoms with Crippen LogP contribution in [0.5, 0.6) is 0 Å². The molecule has 3 heteroatoms. The smallest absolute Gasteiger partial charge is 0.220 e. The first-order valence-corrected chi connectivity index (χ1v) is 6.48. The molecular weight excluding hydrogens is 224 g/mol. The number of anilines is 1. The number of carbonyl (C=O) groups excluding carboxylic acids is 1. The lowest BCUT2D eigenvalue weighted by atomic mass is 9.92. The fourth-order valence-corrected chi connectivity index (χ4v) is 1.61. The molecule has 0 atom stereocenters. The molecule has 0 aliphatic rings. The van der Waals surface area contributed by atoms with E-state index in [4.69, 9.17) is 5.73 Å². The van der Waals surface area contributed by atoms with Gasteiger partial charge < -0.3 is 11.1 Å². The van der Waals surface area contributed by atoms with Crippen molar-refractivity contribution in [3.63, 3.8) is 0 Å². The lowest BCUT2D eigenvalue weighted by Gasteiger charge is -2.17. The molecule has 0 bridgehead atoms. The van der Waals surface area contributed by atoms with Gasteiger partial charge in [0.2, 0.25) is 5.91 Å². The third kappa shape index (κ3) is 6.28. The van der Waals surface area contributed by atoms with Crippen LogP contribution in [0.25, 0.3) is 0 Å². The highest BCUT2D eigenvalue weighted by atomic mass is 16.1. The van der Waals surface area contributed by atoms with Crippen LogP contribution in [0.3, 0.4) is 0 Å². The van der Waals surface area contributed by atoms with Gasteiger partial charge in [0.05, 0.1) is 0 Å². The number of nitrogens with one attached hydrogen (secondary N) is 1. The second-order valence-electron chi connectivity index (χ2n) is 5.90. The third-order valence-corrected chi connectivity index (χ3v) is 2.82. The average molecular weight is 248 g/mol. The molecule has 1 amide bonds. The quantitative estimate of drug-likeness (QED) is 0.787. The van der Waals surface area contributed by atoms with E-state index in [-0.39, 0.29) is 11.3 Å². The Labute approximate surface area is 110 Å². The molecule has 1 aromatic carbocycles. The summed E-state index contributed by atoms with van der Waals surface area (Å²) in [7, 11) is 0. The summed E-state index contributed by atoms with van der Waals surface area (Å²) in [6, 6.07) is 7.68. The summed E-state index contributed by atoms with van der Waals surface area (Å²) in [4.78, 5) is 11.6. The lowest BCUT2D eigenvalue weighted by Crippen LogP contribution is -2.27. The van der Waals surface area contributed by atoms with Crippen molar-refractivity contribution >= 4 is 11.6 Å². The Balaban J connectivity index is 2.23. The van der Waals surface area contributed by atoms with E-state index < -0.39 is 0 Å². The number of rotatable bonds is 5. The van der Waals surface area contributed by atoms with Crippen molar-refractivity contribution < 1.29 is 4.79 Å². The van der Waals surface area contributed by atoms with Crippen LogP contribution in [-0.4, -0.2) is 12.5 Å². The van der Waals surface area contributed by atoms with Gasteiger partial charge in [-0.05, 0) is 36.0 Å². The number of aryl methyl sites for hydroxylation is 1. The van der Waals surface area contributed by atoms with E-state index in [0.29, 0.717) is 6.42 Å². The molecule has 0 spiro atoms. The van der Waals surface area contributed by atoms with Crippen molar-refractivity contribution in [1.82, 2.24) is 5.32 Å². The number of benzene rings is 1. The first-order valence-electron chi connectivity index (χ1n) is 6.48. The van der Waals surface area contributed by atoms with Gasteiger partial charge in [0.1, 0.15) is 0 Å². The monoisotopic (exact) mass is 248 g/mol. The van der Waals surface area contributed by atoms with E-state index in [2.05, 4.69) is 26.1 Å². The molecule has 100 valence electrons. The molecule has 0 aromatic heterocycles. The number of carbonyl (C=O) groups is 1. The van der Waals surface area contributed by atoms with Crippen molar-refractivity contribution in [2.45, 2.75) is 40.0 Å². The summed E-state index contributed by atoms with van der Waals surface area (Å²) < 4.78 is 0. The Kier molecular flexibility index (Phi) is 5.20. The number of hydrogen-bond acceptors (Lipinski definition) is 2. The summed E-state index contributed by atoms with van der Waals surface area (Å²) in [6.45, 7) is 7.28. The second kappa shape index (κ2) is 6.43. The maximum Gasteiger partial charge on any atom is 0.220 e. The predicted octanol–water partition coefficient (Wildman–Crippen LogP) is 2.75. The van der Waals surface area contributed by atoms with E-state index in [9.17, 15) is 4.79 Å². The fraction of sp³-hybridized carbons (Fsp3) is 0.533. The van der Waals surface area contributed by atoms with Crippen LogP contribution < -0.4 is 11.1 Å². The maximum absolute atomic E-state index is 11.6. The van der Waals surface area contributed by atoms with Crippen LogP contribution in [0.4, 0.5) is 5.69 Å². The minimum absolute atomic E-state index is 0.121. The Morgan fingerprint density at radius 1 is 1.22 bits per heavy atom. The Bertz CT molecular complexity index is 376. The van der Waals surface area contributed by atoms with Gasteiger partial charge in [0.15, 0.2) is 0 Å². The Morgan fingerprint density at radius 2 is 1.83 bits per heavy atom. The van der Waals surface area contributed by atoms with Crippen LogP contribution in [0.2, 0.25) is 0 Å². The summed E-state index contributed by atoms with van der Waals surface area (Å²) in [5.41, 5.74) is 7.78. The lowest BCUT2D eigenvalue weighted by molar-refractivity contribution is -0.121. The SMILES string of the molecule is CC(C)(C)CCNC(=O)CCc1ccc(N)cc1. The summed E-state index contributed by atoms with van der Waals surface area (Å²) in [5.74, 6) is 0.121. The molecule has 0 heterocycles. The molecule has 18 heavy (non-hydrogen) atoms. The molecule has 0 aliphatic carbocycles. The molecule has 0 radical (unpaired) electrons. The highest BCUT2D eigenvalue weighted by Gasteiger charge is 2.10. The second-order valence-corrected chi connectivity index (χ2v) is 5.90. The van der Waals surface area contributed by atoms with Gasteiger partial charge >= 0.3 is 0 Å². The van der Waals surface area contributed by atoms with Crippen LogP contribution >= 0.6 is 0 Å². The first kappa shape index (κ1) is 14.6. The van der Waals surface area contributed by atoms with E-state index in [1.54, 1.807) is 0 Å². The zero-order valence-corrected chi connectivity index (χ0v) is 11.6. The highest BCUT2D eigenvalue weighted by Crippen LogP contribution is 2.17. The zero-order valence-electron chi connectivity index (χ0n) is 11.6.